The summed E-state index contributed by atoms with van der Waals surface area (Å²) < 4.78 is 0.767. The van der Waals surface area contributed by atoms with Crippen molar-refractivity contribution in [2.45, 2.75) is 27.3 Å². The van der Waals surface area contributed by atoms with Gasteiger partial charge in [0.05, 0.1) is 4.47 Å². The zero-order valence-corrected chi connectivity index (χ0v) is 11.1. The Labute approximate surface area is 99.8 Å². The lowest BCUT2D eigenvalue weighted by Crippen LogP contribution is -2.19. The Morgan fingerprint density at radius 3 is 2.67 bits per heavy atom. The van der Waals surface area contributed by atoms with Crippen molar-refractivity contribution in [3.05, 3.63) is 27.7 Å². The van der Waals surface area contributed by atoms with E-state index in [1.807, 2.05) is 19.1 Å². The molecule has 84 valence electrons. The van der Waals surface area contributed by atoms with E-state index in [0.29, 0.717) is 18.2 Å². The molecule has 0 bridgehead atoms. The first kappa shape index (κ1) is 12.5. The molecule has 0 aliphatic heterocycles. The number of aromatic hydroxyl groups is 1. The van der Waals surface area contributed by atoms with Crippen LogP contribution in [0, 0.1) is 12.8 Å². The first-order valence-corrected chi connectivity index (χ1v) is 5.98. The third kappa shape index (κ3) is 3.84. The van der Waals surface area contributed by atoms with E-state index in [0.717, 1.165) is 22.1 Å². The van der Waals surface area contributed by atoms with E-state index < -0.39 is 0 Å². The van der Waals surface area contributed by atoms with Crippen molar-refractivity contribution in [3.8, 4) is 5.75 Å². The zero-order chi connectivity index (χ0) is 11.4. The normalized spacial score (nSPS) is 11.0. The van der Waals surface area contributed by atoms with Gasteiger partial charge in [0.15, 0.2) is 0 Å². The molecule has 15 heavy (non-hydrogen) atoms. The summed E-state index contributed by atoms with van der Waals surface area (Å²) in [6, 6.07) is 3.93. The minimum Gasteiger partial charge on any atom is -0.506 e. The van der Waals surface area contributed by atoms with Gasteiger partial charge in [-0.1, -0.05) is 19.9 Å². The van der Waals surface area contributed by atoms with Crippen LogP contribution in [0.3, 0.4) is 0 Å². The Bertz CT molecular complexity index is 337. The summed E-state index contributed by atoms with van der Waals surface area (Å²) in [4.78, 5) is 0. The number of benzene rings is 1. The Morgan fingerprint density at radius 1 is 1.40 bits per heavy atom. The SMILES string of the molecule is Cc1cc(Br)c(O)c(CNCC(C)C)c1. The lowest BCUT2D eigenvalue weighted by molar-refractivity contribution is 0.457. The largest absolute Gasteiger partial charge is 0.506 e. The highest BCUT2D eigenvalue weighted by Crippen LogP contribution is 2.29. The van der Waals surface area contributed by atoms with Crippen molar-refractivity contribution in [3.63, 3.8) is 0 Å². The van der Waals surface area contributed by atoms with Gasteiger partial charge in [-0.2, -0.15) is 0 Å². The fraction of sp³-hybridized carbons (Fsp3) is 0.500. The van der Waals surface area contributed by atoms with Gasteiger partial charge in [0.1, 0.15) is 5.75 Å². The summed E-state index contributed by atoms with van der Waals surface area (Å²) in [7, 11) is 0. The van der Waals surface area contributed by atoms with E-state index in [-0.39, 0.29) is 0 Å². The number of phenols is 1. The van der Waals surface area contributed by atoms with Gasteiger partial charge in [0.25, 0.3) is 0 Å². The number of halogens is 1. The summed E-state index contributed by atoms with van der Waals surface area (Å²) in [6.07, 6.45) is 0. The van der Waals surface area contributed by atoms with Crippen molar-refractivity contribution in [1.82, 2.24) is 5.32 Å². The van der Waals surface area contributed by atoms with Gasteiger partial charge in [-0.15, -0.1) is 0 Å². The predicted molar refractivity (Wildman–Crippen MR) is 67.1 cm³/mol. The number of hydrogen-bond acceptors (Lipinski definition) is 2. The van der Waals surface area contributed by atoms with Crippen LogP contribution in [0.5, 0.6) is 5.75 Å². The van der Waals surface area contributed by atoms with Crippen molar-refractivity contribution >= 4 is 15.9 Å². The Kier molecular flexibility index (Phi) is 4.61. The van der Waals surface area contributed by atoms with Crippen LogP contribution in [0.1, 0.15) is 25.0 Å². The van der Waals surface area contributed by atoms with Gasteiger partial charge in [-0.25, -0.2) is 0 Å². The summed E-state index contributed by atoms with van der Waals surface area (Å²) in [5.41, 5.74) is 2.10. The molecule has 1 aromatic rings. The van der Waals surface area contributed by atoms with Crippen molar-refractivity contribution in [2.75, 3.05) is 6.54 Å². The quantitative estimate of drug-likeness (QED) is 0.882. The number of phenolic OH excluding ortho intramolecular Hbond substituents is 1. The van der Waals surface area contributed by atoms with Crippen LogP contribution < -0.4 is 5.32 Å². The fourth-order valence-corrected chi connectivity index (χ4v) is 2.05. The highest BCUT2D eigenvalue weighted by molar-refractivity contribution is 9.10. The van der Waals surface area contributed by atoms with Crippen LogP contribution in [-0.2, 0) is 6.54 Å². The first-order valence-electron chi connectivity index (χ1n) is 5.19. The first-order chi connectivity index (χ1) is 7.00. The Balaban J connectivity index is 2.68. The van der Waals surface area contributed by atoms with Gasteiger partial charge in [-0.3, -0.25) is 0 Å². The predicted octanol–water partition coefficient (Wildman–Crippen LogP) is 3.21. The lowest BCUT2D eigenvalue weighted by atomic mass is 10.1. The average molecular weight is 272 g/mol. The lowest BCUT2D eigenvalue weighted by Gasteiger charge is -2.10. The number of rotatable bonds is 4. The summed E-state index contributed by atoms with van der Waals surface area (Å²) in [5, 5.41) is 13.1. The molecule has 3 heteroatoms. The third-order valence-corrected chi connectivity index (χ3v) is 2.76. The molecule has 0 unspecified atom stereocenters. The van der Waals surface area contributed by atoms with Crippen molar-refractivity contribution in [2.24, 2.45) is 5.92 Å². The van der Waals surface area contributed by atoms with Crippen LogP contribution in [0.15, 0.2) is 16.6 Å². The van der Waals surface area contributed by atoms with E-state index in [1.54, 1.807) is 0 Å². The second kappa shape index (κ2) is 5.52. The highest BCUT2D eigenvalue weighted by atomic mass is 79.9. The van der Waals surface area contributed by atoms with E-state index in [9.17, 15) is 5.11 Å². The molecule has 0 saturated carbocycles. The van der Waals surface area contributed by atoms with Crippen LogP contribution in [-0.4, -0.2) is 11.7 Å². The molecule has 0 aliphatic carbocycles. The van der Waals surface area contributed by atoms with Gasteiger partial charge >= 0.3 is 0 Å². The molecule has 0 radical (unpaired) electrons. The molecule has 0 saturated heterocycles. The second-order valence-corrected chi connectivity index (χ2v) is 5.13. The van der Waals surface area contributed by atoms with E-state index in [4.69, 9.17) is 0 Å². The molecule has 0 atom stereocenters. The molecule has 0 aliphatic rings. The molecule has 1 aromatic carbocycles. The molecular formula is C12H18BrNO. The highest BCUT2D eigenvalue weighted by Gasteiger charge is 2.06. The maximum atomic E-state index is 9.80. The van der Waals surface area contributed by atoms with Gasteiger partial charge < -0.3 is 10.4 Å². The summed E-state index contributed by atoms with van der Waals surface area (Å²) in [6.45, 7) is 8.03. The summed E-state index contributed by atoms with van der Waals surface area (Å²) in [5.74, 6) is 0.970. The Morgan fingerprint density at radius 2 is 2.07 bits per heavy atom. The third-order valence-electron chi connectivity index (χ3n) is 2.15. The van der Waals surface area contributed by atoms with E-state index in [1.165, 1.54) is 0 Å². The minimum absolute atomic E-state index is 0.344. The zero-order valence-electron chi connectivity index (χ0n) is 9.47. The number of hydrogen-bond donors (Lipinski definition) is 2. The maximum absolute atomic E-state index is 9.80. The van der Waals surface area contributed by atoms with Crippen molar-refractivity contribution < 1.29 is 5.11 Å². The van der Waals surface area contributed by atoms with E-state index in [2.05, 4.69) is 35.1 Å². The fourth-order valence-electron chi connectivity index (χ4n) is 1.44. The molecule has 2 nitrogen and oxygen atoms in total. The van der Waals surface area contributed by atoms with Gasteiger partial charge in [0.2, 0.25) is 0 Å². The molecule has 1 rings (SSSR count). The molecule has 0 spiro atoms. The molecular weight excluding hydrogens is 254 g/mol. The monoisotopic (exact) mass is 271 g/mol. The maximum Gasteiger partial charge on any atom is 0.134 e. The van der Waals surface area contributed by atoms with Gasteiger partial charge in [-0.05, 0) is 46.9 Å². The van der Waals surface area contributed by atoms with Crippen LogP contribution in [0.2, 0.25) is 0 Å². The average Bonchev–Trinajstić information content (AvgIpc) is 2.12. The second-order valence-electron chi connectivity index (χ2n) is 4.28. The molecule has 2 N–H and O–H groups in total. The van der Waals surface area contributed by atoms with Gasteiger partial charge in [0, 0.05) is 12.1 Å². The molecule has 0 aromatic heterocycles. The topological polar surface area (TPSA) is 32.3 Å². The molecule has 0 fully saturated rings. The smallest absolute Gasteiger partial charge is 0.134 e. The minimum atomic E-state index is 0.344. The number of aryl methyl sites for hydroxylation is 1. The van der Waals surface area contributed by atoms with Crippen LogP contribution in [0.4, 0.5) is 0 Å². The van der Waals surface area contributed by atoms with Crippen LogP contribution >= 0.6 is 15.9 Å². The number of nitrogens with one attached hydrogen (secondary N) is 1. The standard InChI is InChI=1S/C12H18BrNO/c1-8(2)6-14-7-10-4-9(3)5-11(13)12(10)15/h4-5,8,14-15H,6-7H2,1-3H3. The molecule has 0 amide bonds. The van der Waals surface area contributed by atoms with Crippen molar-refractivity contribution in [1.29, 1.82) is 0 Å². The molecule has 0 heterocycles. The van der Waals surface area contributed by atoms with Crippen LogP contribution in [0.25, 0.3) is 0 Å². The Hall–Kier alpha value is -0.540. The summed E-state index contributed by atoms with van der Waals surface area (Å²) >= 11 is 3.34. The van der Waals surface area contributed by atoms with E-state index >= 15 is 0 Å².